The molecule has 0 aliphatic heterocycles. The molecule has 0 atom stereocenters. The first-order valence-electron chi connectivity index (χ1n) is 23.6. The zero-order valence-electron chi connectivity index (χ0n) is 37.5. The topological polar surface area (TPSA) is 27.7 Å². The van der Waals surface area contributed by atoms with Crippen molar-refractivity contribution >= 4 is 65.4 Å². The van der Waals surface area contributed by atoms with E-state index in [1.807, 2.05) is 0 Å². The second-order valence-corrected chi connectivity index (χ2v) is 18.0. The minimum atomic E-state index is 0.892. The highest BCUT2D eigenvalue weighted by molar-refractivity contribution is 6.11. The van der Waals surface area contributed by atoms with Crippen molar-refractivity contribution in [2.24, 2.45) is 0 Å². The summed E-state index contributed by atoms with van der Waals surface area (Å²) in [6.07, 6.45) is 0. The Morgan fingerprint density at radius 2 is 0.551 bits per heavy atom. The zero-order valence-corrected chi connectivity index (χ0v) is 37.5. The van der Waals surface area contributed by atoms with E-state index in [9.17, 15) is 0 Å². The normalized spacial score (nSPS) is 11.8. The van der Waals surface area contributed by atoms with Crippen LogP contribution >= 0.6 is 0 Å². The second kappa shape index (κ2) is 15.7. The molecule has 4 nitrogen and oxygen atoms in total. The Balaban J connectivity index is 1.01. The van der Waals surface area contributed by atoms with Gasteiger partial charge in [0, 0.05) is 60.5 Å². The molecule has 0 bridgehead atoms. The van der Waals surface area contributed by atoms with Crippen molar-refractivity contribution in [1.82, 2.24) is 18.7 Å². The molecule has 0 radical (unpaired) electrons. The van der Waals surface area contributed by atoms with E-state index in [1.165, 1.54) is 54.5 Å². The number of benzene rings is 10. The van der Waals surface area contributed by atoms with Crippen LogP contribution in [0.15, 0.2) is 255 Å². The monoisotopic (exact) mass is 878 g/mol. The Labute approximate surface area is 398 Å². The van der Waals surface area contributed by atoms with Crippen LogP contribution in [-0.4, -0.2) is 18.7 Å². The number of pyridine rings is 1. The number of para-hydroxylation sites is 6. The van der Waals surface area contributed by atoms with E-state index >= 15 is 0 Å². The molecule has 322 valence electrons. The smallest absolute Gasteiger partial charge is 0.0717 e. The maximum absolute atomic E-state index is 5.64. The highest BCUT2D eigenvalue weighted by Crippen LogP contribution is 2.40. The predicted octanol–water partition coefficient (Wildman–Crippen LogP) is 17.0. The summed E-state index contributed by atoms with van der Waals surface area (Å²) < 4.78 is 7.22. The second-order valence-electron chi connectivity index (χ2n) is 18.0. The van der Waals surface area contributed by atoms with Gasteiger partial charge in [-0.25, -0.2) is 4.98 Å². The maximum Gasteiger partial charge on any atom is 0.0717 e. The molecule has 0 unspecified atom stereocenters. The fraction of sp³-hybridized carbons (Fsp3) is 0. The summed E-state index contributed by atoms with van der Waals surface area (Å²) in [6.45, 7) is 0. The number of aromatic nitrogens is 4. The lowest BCUT2D eigenvalue weighted by molar-refractivity contribution is 1.13. The zero-order chi connectivity index (χ0) is 45.4. The summed E-state index contributed by atoms with van der Waals surface area (Å²) in [4.78, 5) is 5.64. The first-order chi connectivity index (χ1) is 34.2. The molecule has 0 amide bonds. The van der Waals surface area contributed by atoms with Gasteiger partial charge in [0.15, 0.2) is 0 Å². The molecule has 0 saturated carbocycles. The lowest BCUT2D eigenvalue weighted by atomic mass is 9.96. The van der Waals surface area contributed by atoms with Crippen LogP contribution in [0.5, 0.6) is 0 Å². The van der Waals surface area contributed by atoms with Gasteiger partial charge in [-0.15, -0.1) is 0 Å². The number of fused-ring (bicyclic) bond motifs is 9. The summed E-state index contributed by atoms with van der Waals surface area (Å²) in [5.74, 6) is 0. The molecule has 14 rings (SSSR count). The average Bonchev–Trinajstić information content (AvgIpc) is 4.07. The van der Waals surface area contributed by atoms with Crippen LogP contribution in [0.3, 0.4) is 0 Å². The van der Waals surface area contributed by atoms with E-state index in [0.717, 1.165) is 72.8 Å². The Hall–Kier alpha value is -9.25. The molecular weight excluding hydrogens is 837 g/mol. The summed E-state index contributed by atoms with van der Waals surface area (Å²) in [5, 5.41) is 7.39. The van der Waals surface area contributed by atoms with Crippen LogP contribution in [-0.2, 0) is 0 Å². The third-order valence-electron chi connectivity index (χ3n) is 14.0. The Morgan fingerprint density at radius 3 is 0.986 bits per heavy atom. The van der Waals surface area contributed by atoms with Crippen LogP contribution in [0.2, 0.25) is 0 Å². The average molecular weight is 879 g/mol. The van der Waals surface area contributed by atoms with E-state index in [2.05, 4.69) is 268 Å². The van der Waals surface area contributed by atoms with Crippen LogP contribution in [0.25, 0.3) is 127 Å². The standard InChI is InChI=1S/C65H42N4/c1-2-17-43(18-3-1)45-19-16-20-46(37-45)47-40-58(44-33-35-49(36-34-44)67-60-27-10-4-21-52(60)53-22-5-11-28-61(53)67)66-59(41-47)48-38-50(68-62-29-12-6-23-54(62)55-24-7-13-30-63(55)68)42-51(39-48)69-64-31-14-8-25-56(64)57-26-9-15-32-65(57)69/h1-42H. The van der Waals surface area contributed by atoms with Gasteiger partial charge >= 0.3 is 0 Å². The molecule has 4 heterocycles. The van der Waals surface area contributed by atoms with Crippen LogP contribution in [0, 0.1) is 0 Å². The van der Waals surface area contributed by atoms with E-state index in [1.54, 1.807) is 0 Å². The van der Waals surface area contributed by atoms with Crippen molar-refractivity contribution in [3.63, 3.8) is 0 Å². The Kier molecular flexibility index (Phi) is 8.86. The van der Waals surface area contributed by atoms with Crippen molar-refractivity contribution < 1.29 is 0 Å². The molecule has 0 aliphatic carbocycles. The van der Waals surface area contributed by atoms with Gasteiger partial charge in [-0.3, -0.25) is 0 Å². The summed E-state index contributed by atoms with van der Waals surface area (Å²) in [5.41, 5.74) is 18.7. The molecule has 14 aromatic rings. The van der Waals surface area contributed by atoms with Gasteiger partial charge in [-0.2, -0.15) is 0 Å². The fourth-order valence-electron chi connectivity index (χ4n) is 10.9. The van der Waals surface area contributed by atoms with Gasteiger partial charge in [-0.1, -0.05) is 170 Å². The van der Waals surface area contributed by atoms with Gasteiger partial charge in [0.05, 0.1) is 44.5 Å². The highest BCUT2D eigenvalue weighted by Gasteiger charge is 2.19. The molecular formula is C65H42N4. The molecule has 4 heteroatoms. The van der Waals surface area contributed by atoms with E-state index < -0.39 is 0 Å². The number of hydrogen-bond acceptors (Lipinski definition) is 1. The molecule has 0 N–H and O–H groups in total. The lowest BCUT2D eigenvalue weighted by Gasteiger charge is -2.17. The molecule has 0 saturated heterocycles. The van der Waals surface area contributed by atoms with Crippen molar-refractivity contribution in [1.29, 1.82) is 0 Å². The molecule has 69 heavy (non-hydrogen) atoms. The molecule has 0 aliphatic rings. The van der Waals surface area contributed by atoms with Gasteiger partial charge in [0.25, 0.3) is 0 Å². The largest absolute Gasteiger partial charge is 0.309 e. The van der Waals surface area contributed by atoms with Crippen LogP contribution in [0.1, 0.15) is 0 Å². The molecule has 4 aromatic heterocycles. The maximum atomic E-state index is 5.64. The van der Waals surface area contributed by atoms with Gasteiger partial charge in [-0.05, 0) is 107 Å². The molecule has 0 fully saturated rings. The third kappa shape index (κ3) is 6.34. The summed E-state index contributed by atoms with van der Waals surface area (Å²) >= 11 is 0. The van der Waals surface area contributed by atoms with Crippen molar-refractivity contribution in [3.8, 4) is 61.8 Å². The van der Waals surface area contributed by atoms with Crippen LogP contribution < -0.4 is 0 Å². The van der Waals surface area contributed by atoms with Crippen molar-refractivity contribution in [3.05, 3.63) is 255 Å². The van der Waals surface area contributed by atoms with Gasteiger partial charge < -0.3 is 13.7 Å². The molecule has 10 aromatic carbocycles. The minimum Gasteiger partial charge on any atom is -0.309 e. The van der Waals surface area contributed by atoms with E-state index in [-0.39, 0.29) is 0 Å². The van der Waals surface area contributed by atoms with Gasteiger partial charge in [0.2, 0.25) is 0 Å². The van der Waals surface area contributed by atoms with Crippen molar-refractivity contribution in [2.45, 2.75) is 0 Å². The Bertz CT molecular complexity index is 4010. The predicted molar refractivity (Wildman–Crippen MR) is 289 cm³/mol. The Morgan fingerprint density at radius 1 is 0.203 bits per heavy atom. The van der Waals surface area contributed by atoms with E-state index in [0.29, 0.717) is 0 Å². The number of rotatable bonds is 7. The lowest BCUT2D eigenvalue weighted by Crippen LogP contribution is -2.01. The molecule has 0 spiro atoms. The van der Waals surface area contributed by atoms with Crippen LogP contribution in [0.4, 0.5) is 0 Å². The number of hydrogen-bond donors (Lipinski definition) is 0. The van der Waals surface area contributed by atoms with Crippen molar-refractivity contribution in [2.75, 3.05) is 0 Å². The first kappa shape index (κ1) is 39.0. The van der Waals surface area contributed by atoms with E-state index in [4.69, 9.17) is 4.98 Å². The minimum absolute atomic E-state index is 0.892. The quantitative estimate of drug-likeness (QED) is 0.157. The summed E-state index contributed by atoms with van der Waals surface area (Å²) in [6, 6.07) is 92.4. The summed E-state index contributed by atoms with van der Waals surface area (Å²) in [7, 11) is 0. The fourth-order valence-corrected chi connectivity index (χ4v) is 10.9. The first-order valence-corrected chi connectivity index (χ1v) is 23.6. The third-order valence-corrected chi connectivity index (χ3v) is 14.0. The highest BCUT2D eigenvalue weighted by atomic mass is 15.0. The van der Waals surface area contributed by atoms with Gasteiger partial charge in [0.1, 0.15) is 0 Å². The number of nitrogens with zero attached hydrogens (tertiary/aromatic N) is 4. The SMILES string of the molecule is c1ccc(-c2cccc(-c3cc(-c4ccc(-n5c6ccccc6c6ccccc65)cc4)nc(-c4cc(-n5c6ccccc6c6ccccc65)cc(-n5c6ccccc6c6ccccc65)c4)c3)c2)cc1.